The predicted molar refractivity (Wildman–Crippen MR) is 54.4 cm³/mol. The third-order valence-corrected chi connectivity index (χ3v) is 1.92. The van der Waals surface area contributed by atoms with Gasteiger partial charge in [-0.25, -0.2) is 4.39 Å². The van der Waals surface area contributed by atoms with E-state index in [1.807, 2.05) is 6.07 Å². The highest BCUT2D eigenvalue weighted by molar-refractivity contribution is 5.58. The van der Waals surface area contributed by atoms with Crippen LogP contribution in [0.5, 0.6) is 0 Å². The lowest BCUT2D eigenvalue weighted by Crippen LogP contribution is -2.15. The van der Waals surface area contributed by atoms with E-state index in [2.05, 4.69) is 5.32 Å². The van der Waals surface area contributed by atoms with Gasteiger partial charge in [0.15, 0.2) is 0 Å². The van der Waals surface area contributed by atoms with Crippen molar-refractivity contribution >= 4 is 5.69 Å². The largest absolute Gasteiger partial charge is 0.380 e. The number of nitrogens with zero attached hydrogens (tertiary/aromatic N) is 2. The van der Waals surface area contributed by atoms with Gasteiger partial charge in [-0.3, -0.25) is 0 Å². The normalized spacial score (nSPS) is 11.2. The summed E-state index contributed by atoms with van der Waals surface area (Å²) in [4.78, 5) is 0. The molecular weight excluding hydrogens is 193 g/mol. The van der Waals surface area contributed by atoms with Crippen molar-refractivity contribution in [3.63, 3.8) is 0 Å². The lowest BCUT2D eigenvalue weighted by Gasteiger charge is -2.13. The number of anilines is 1. The van der Waals surface area contributed by atoms with E-state index in [1.54, 1.807) is 19.1 Å². The van der Waals surface area contributed by atoms with Crippen LogP contribution in [-0.2, 0) is 0 Å². The number of hydrogen-bond acceptors (Lipinski definition) is 3. The fourth-order valence-electron chi connectivity index (χ4n) is 1.21. The highest BCUT2D eigenvalue weighted by Gasteiger charge is 2.09. The van der Waals surface area contributed by atoms with Crippen molar-refractivity contribution < 1.29 is 4.39 Å². The first-order valence-corrected chi connectivity index (χ1v) is 4.51. The molecule has 3 nitrogen and oxygen atoms in total. The van der Waals surface area contributed by atoms with Gasteiger partial charge in [0.25, 0.3) is 0 Å². The molecule has 15 heavy (non-hydrogen) atoms. The number of rotatable bonds is 3. The first kappa shape index (κ1) is 11.0. The molecule has 0 bridgehead atoms. The summed E-state index contributed by atoms with van der Waals surface area (Å²) in [7, 11) is 0. The van der Waals surface area contributed by atoms with Crippen molar-refractivity contribution in [1.82, 2.24) is 0 Å². The van der Waals surface area contributed by atoms with Crippen LogP contribution in [0.1, 0.15) is 18.9 Å². The molecule has 0 amide bonds. The van der Waals surface area contributed by atoms with Gasteiger partial charge in [0, 0.05) is 6.04 Å². The van der Waals surface area contributed by atoms with E-state index < -0.39 is 5.82 Å². The summed E-state index contributed by atoms with van der Waals surface area (Å²) in [6, 6.07) is 8.06. The van der Waals surface area contributed by atoms with Gasteiger partial charge in [-0.05, 0) is 19.1 Å². The smallest absolute Gasteiger partial charge is 0.143 e. The van der Waals surface area contributed by atoms with E-state index in [1.165, 1.54) is 12.1 Å². The fourth-order valence-corrected chi connectivity index (χ4v) is 1.21. The maximum absolute atomic E-state index is 13.2. The zero-order chi connectivity index (χ0) is 11.3. The number of benzene rings is 1. The van der Waals surface area contributed by atoms with E-state index in [-0.39, 0.29) is 11.6 Å². The number of halogens is 1. The monoisotopic (exact) mass is 203 g/mol. The molecule has 0 heterocycles. The lowest BCUT2D eigenvalue weighted by atomic mass is 10.1. The molecule has 4 heteroatoms. The molecule has 0 aromatic heterocycles. The average molecular weight is 203 g/mol. The maximum atomic E-state index is 13.2. The van der Waals surface area contributed by atoms with Crippen LogP contribution in [0.15, 0.2) is 18.2 Å². The highest BCUT2D eigenvalue weighted by atomic mass is 19.1. The second kappa shape index (κ2) is 4.97. The molecule has 1 aromatic rings. The second-order valence-corrected chi connectivity index (χ2v) is 3.18. The Hall–Kier alpha value is -2.07. The van der Waals surface area contributed by atoms with Crippen LogP contribution < -0.4 is 5.32 Å². The molecule has 1 N–H and O–H groups in total. The van der Waals surface area contributed by atoms with Crippen molar-refractivity contribution in [2.75, 3.05) is 5.32 Å². The van der Waals surface area contributed by atoms with Gasteiger partial charge in [0.1, 0.15) is 17.4 Å². The van der Waals surface area contributed by atoms with E-state index in [4.69, 9.17) is 10.5 Å². The molecule has 0 aliphatic carbocycles. The summed E-state index contributed by atoms with van der Waals surface area (Å²) in [5, 5.41) is 20.1. The molecule has 1 aromatic carbocycles. The molecule has 0 radical (unpaired) electrons. The first-order chi connectivity index (χ1) is 7.19. The summed E-state index contributed by atoms with van der Waals surface area (Å²) >= 11 is 0. The molecule has 0 saturated carbocycles. The number of hydrogen-bond donors (Lipinski definition) is 1. The van der Waals surface area contributed by atoms with Crippen LogP contribution in [0.4, 0.5) is 10.1 Å². The van der Waals surface area contributed by atoms with E-state index >= 15 is 0 Å². The average Bonchev–Trinajstić information content (AvgIpc) is 2.18. The zero-order valence-electron chi connectivity index (χ0n) is 8.29. The van der Waals surface area contributed by atoms with Gasteiger partial charge in [-0.15, -0.1) is 0 Å². The van der Waals surface area contributed by atoms with Crippen LogP contribution in [0.2, 0.25) is 0 Å². The van der Waals surface area contributed by atoms with Crippen molar-refractivity contribution in [3.8, 4) is 12.1 Å². The second-order valence-electron chi connectivity index (χ2n) is 3.18. The summed E-state index contributed by atoms with van der Waals surface area (Å²) < 4.78 is 13.2. The van der Waals surface area contributed by atoms with Crippen molar-refractivity contribution in [3.05, 3.63) is 29.6 Å². The topological polar surface area (TPSA) is 59.6 Å². The molecule has 0 fully saturated rings. The van der Waals surface area contributed by atoms with Crippen LogP contribution >= 0.6 is 0 Å². The molecular formula is C11H10FN3. The van der Waals surface area contributed by atoms with Gasteiger partial charge >= 0.3 is 0 Å². The van der Waals surface area contributed by atoms with E-state index in [0.717, 1.165) is 0 Å². The van der Waals surface area contributed by atoms with Crippen molar-refractivity contribution in [1.29, 1.82) is 10.5 Å². The summed E-state index contributed by atoms with van der Waals surface area (Å²) in [5.74, 6) is -0.549. The van der Waals surface area contributed by atoms with Crippen LogP contribution in [0, 0.1) is 28.5 Å². The van der Waals surface area contributed by atoms with Gasteiger partial charge in [-0.1, -0.05) is 6.07 Å². The van der Waals surface area contributed by atoms with Gasteiger partial charge in [-0.2, -0.15) is 10.5 Å². The standard InChI is InChI=1S/C11H10FN3/c1-8(5-6-13)15-11-4-2-3-10(12)9(11)7-14/h2-4,8,15H,5H2,1H3. The number of nitrogens with one attached hydrogen (secondary N) is 1. The van der Waals surface area contributed by atoms with Crippen LogP contribution in [-0.4, -0.2) is 6.04 Å². The first-order valence-electron chi connectivity index (χ1n) is 4.51. The van der Waals surface area contributed by atoms with Gasteiger partial charge < -0.3 is 5.32 Å². The molecule has 1 atom stereocenters. The number of nitriles is 2. The molecule has 0 spiro atoms. The molecule has 76 valence electrons. The Morgan fingerprint density at radius 1 is 1.47 bits per heavy atom. The highest BCUT2D eigenvalue weighted by Crippen LogP contribution is 2.18. The Labute approximate surface area is 87.8 Å². The Morgan fingerprint density at radius 3 is 2.80 bits per heavy atom. The zero-order valence-corrected chi connectivity index (χ0v) is 8.29. The maximum Gasteiger partial charge on any atom is 0.143 e. The summed E-state index contributed by atoms with van der Waals surface area (Å²) in [6.45, 7) is 1.80. The minimum Gasteiger partial charge on any atom is -0.380 e. The van der Waals surface area contributed by atoms with Gasteiger partial charge in [0.2, 0.25) is 0 Å². The Bertz CT molecular complexity index is 428. The molecule has 0 aliphatic heterocycles. The third kappa shape index (κ3) is 2.69. The van der Waals surface area contributed by atoms with Crippen molar-refractivity contribution in [2.24, 2.45) is 0 Å². The Balaban J connectivity index is 2.92. The molecule has 0 saturated heterocycles. The predicted octanol–water partition coefficient (Wildman–Crippen LogP) is 2.41. The molecule has 1 unspecified atom stereocenters. The molecule has 1 rings (SSSR count). The molecule has 0 aliphatic rings. The Morgan fingerprint density at radius 2 is 2.20 bits per heavy atom. The van der Waals surface area contributed by atoms with Crippen molar-refractivity contribution in [2.45, 2.75) is 19.4 Å². The lowest BCUT2D eigenvalue weighted by molar-refractivity contribution is 0.624. The Kier molecular flexibility index (Phi) is 3.65. The van der Waals surface area contributed by atoms with Crippen LogP contribution in [0.25, 0.3) is 0 Å². The van der Waals surface area contributed by atoms with Gasteiger partial charge in [0.05, 0.1) is 18.2 Å². The third-order valence-electron chi connectivity index (χ3n) is 1.92. The van der Waals surface area contributed by atoms with E-state index in [9.17, 15) is 4.39 Å². The quantitative estimate of drug-likeness (QED) is 0.820. The summed E-state index contributed by atoms with van der Waals surface area (Å²) in [5.41, 5.74) is 0.419. The minimum absolute atomic E-state index is 0.0118. The minimum atomic E-state index is -0.549. The summed E-state index contributed by atoms with van der Waals surface area (Å²) in [6.07, 6.45) is 0.307. The van der Waals surface area contributed by atoms with Crippen LogP contribution in [0.3, 0.4) is 0 Å². The SMILES string of the molecule is CC(CC#N)Nc1cccc(F)c1C#N. The van der Waals surface area contributed by atoms with E-state index in [0.29, 0.717) is 12.1 Å². The fraction of sp³-hybridized carbons (Fsp3) is 0.273.